The van der Waals surface area contributed by atoms with Crippen molar-refractivity contribution in [1.29, 1.82) is 0 Å². The number of rotatable bonds is 6. The SMILES string of the molecule is CCCCC(NN)c1ccc(S(C)(=O)=O)cc1. The van der Waals surface area contributed by atoms with Crippen LogP contribution in [0.25, 0.3) is 0 Å². The molecule has 1 aromatic carbocycles. The van der Waals surface area contributed by atoms with Crippen LogP contribution < -0.4 is 11.3 Å². The van der Waals surface area contributed by atoms with Crippen LogP contribution in [0.2, 0.25) is 0 Å². The summed E-state index contributed by atoms with van der Waals surface area (Å²) >= 11 is 0. The van der Waals surface area contributed by atoms with Crippen molar-refractivity contribution in [2.75, 3.05) is 6.26 Å². The van der Waals surface area contributed by atoms with E-state index in [2.05, 4.69) is 12.3 Å². The molecular formula is C12H20N2O2S. The van der Waals surface area contributed by atoms with Gasteiger partial charge in [0.25, 0.3) is 0 Å². The molecule has 0 bridgehead atoms. The second kappa shape index (κ2) is 6.14. The van der Waals surface area contributed by atoms with E-state index >= 15 is 0 Å². The lowest BCUT2D eigenvalue weighted by atomic mass is 10.0. The van der Waals surface area contributed by atoms with Gasteiger partial charge in [0.2, 0.25) is 0 Å². The summed E-state index contributed by atoms with van der Waals surface area (Å²) in [6.45, 7) is 2.13. The maximum atomic E-state index is 11.3. The first kappa shape index (κ1) is 14.2. The van der Waals surface area contributed by atoms with Gasteiger partial charge in [-0.25, -0.2) is 8.42 Å². The maximum absolute atomic E-state index is 11.3. The van der Waals surface area contributed by atoms with E-state index in [9.17, 15) is 8.42 Å². The fraction of sp³-hybridized carbons (Fsp3) is 0.500. The lowest BCUT2D eigenvalue weighted by Gasteiger charge is -2.16. The van der Waals surface area contributed by atoms with Crippen LogP contribution >= 0.6 is 0 Å². The third kappa shape index (κ3) is 4.11. The van der Waals surface area contributed by atoms with Crippen LogP contribution in [0.3, 0.4) is 0 Å². The third-order valence-electron chi connectivity index (χ3n) is 2.76. The number of hydrogen-bond donors (Lipinski definition) is 2. The van der Waals surface area contributed by atoms with E-state index in [0.717, 1.165) is 24.8 Å². The van der Waals surface area contributed by atoms with Crippen molar-refractivity contribution in [2.24, 2.45) is 5.84 Å². The Morgan fingerprint density at radius 2 is 1.88 bits per heavy atom. The molecule has 5 heteroatoms. The minimum atomic E-state index is -3.12. The van der Waals surface area contributed by atoms with Crippen molar-refractivity contribution < 1.29 is 8.42 Å². The predicted octanol–water partition coefficient (Wildman–Crippen LogP) is 1.78. The van der Waals surface area contributed by atoms with Crippen molar-refractivity contribution in [2.45, 2.75) is 37.1 Å². The quantitative estimate of drug-likeness (QED) is 0.601. The topological polar surface area (TPSA) is 72.2 Å². The zero-order chi connectivity index (χ0) is 12.9. The van der Waals surface area contributed by atoms with Gasteiger partial charge in [0.1, 0.15) is 0 Å². The summed E-state index contributed by atoms with van der Waals surface area (Å²) in [5.41, 5.74) is 3.78. The van der Waals surface area contributed by atoms with Gasteiger partial charge in [0, 0.05) is 12.3 Å². The standard InChI is InChI=1S/C12H20N2O2S/c1-3-4-5-12(14-13)10-6-8-11(9-7-10)17(2,15)16/h6-9,12,14H,3-5,13H2,1-2H3. The first-order valence-electron chi connectivity index (χ1n) is 5.75. The Morgan fingerprint density at radius 1 is 1.29 bits per heavy atom. The second-order valence-corrected chi connectivity index (χ2v) is 6.22. The molecule has 3 N–H and O–H groups in total. The summed E-state index contributed by atoms with van der Waals surface area (Å²) in [6.07, 6.45) is 4.35. The summed E-state index contributed by atoms with van der Waals surface area (Å²) in [5, 5.41) is 0. The summed E-state index contributed by atoms with van der Waals surface area (Å²) in [7, 11) is -3.12. The lowest BCUT2D eigenvalue weighted by Crippen LogP contribution is -2.27. The van der Waals surface area contributed by atoms with E-state index in [4.69, 9.17) is 5.84 Å². The van der Waals surface area contributed by atoms with Gasteiger partial charge in [-0.15, -0.1) is 0 Å². The molecule has 0 saturated heterocycles. The molecule has 0 heterocycles. The van der Waals surface area contributed by atoms with Gasteiger partial charge in [0.15, 0.2) is 9.84 Å². The molecule has 0 spiro atoms. The molecule has 17 heavy (non-hydrogen) atoms. The average molecular weight is 256 g/mol. The summed E-state index contributed by atoms with van der Waals surface area (Å²) in [4.78, 5) is 0.340. The molecule has 1 rings (SSSR count). The van der Waals surface area contributed by atoms with Gasteiger partial charge in [-0.05, 0) is 24.1 Å². The van der Waals surface area contributed by atoms with E-state index < -0.39 is 9.84 Å². The van der Waals surface area contributed by atoms with Crippen molar-refractivity contribution in [3.63, 3.8) is 0 Å². The van der Waals surface area contributed by atoms with Gasteiger partial charge in [-0.3, -0.25) is 11.3 Å². The molecule has 0 aromatic heterocycles. The molecule has 0 aliphatic carbocycles. The molecule has 1 atom stereocenters. The fourth-order valence-corrected chi connectivity index (χ4v) is 2.33. The number of hydrogen-bond acceptors (Lipinski definition) is 4. The molecule has 0 aliphatic heterocycles. The van der Waals surface area contributed by atoms with Gasteiger partial charge < -0.3 is 0 Å². The molecule has 4 nitrogen and oxygen atoms in total. The maximum Gasteiger partial charge on any atom is 0.175 e. The smallest absolute Gasteiger partial charge is 0.175 e. The number of nitrogens with two attached hydrogens (primary N) is 1. The van der Waals surface area contributed by atoms with Gasteiger partial charge in [-0.2, -0.15) is 0 Å². The van der Waals surface area contributed by atoms with Crippen molar-refractivity contribution in [1.82, 2.24) is 5.43 Å². The Balaban J connectivity index is 2.85. The summed E-state index contributed by atoms with van der Waals surface area (Å²) in [6, 6.07) is 6.97. The van der Waals surface area contributed by atoms with Crippen molar-refractivity contribution >= 4 is 9.84 Å². The van der Waals surface area contributed by atoms with Crippen LogP contribution in [0, 0.1) is 0 Å². The van der Waals surface area contributed by atoms with E-state index in [1.54, 1.807) is 12.1 Å². The minimum absolute atomic E-state index is 0.0866. The van der Waals surface area contributed by atoms with E-state index in [1.807, 2.05) is 12.1 Å². The minimum Gasteiger partial charge on any atom is -0.271 e. The Labute approximate surface area is 103 Å². The first-order chi connectivity index (χ1) is 7.99. The molecule has 0 aliphatic rings. The molecule has 96 valence electrons. The van der Waals surface area contributed by atoms with Crippen LogP contribution in [0.5, 0.6) is 0 Å². The molecule has 1 aromatic rings. The largest absolute Gasteiger partial charge is 0.271 e. The number of nitrogens with one attached hydrogen (secondary N) is 1. The van der Waals surface area contributed by atoms with Crippen molar-refractivity contribution in [3.05, 3.63) is 29.8 Å². The Morgan fingerprint density at radius 3 is 2.29 bits per heavy atom. The number of benzene rings is 1. The zero-order valence-electron chi connectivity index (χ0n) is 10.3. The van der Waals surface area contributed by atoms with Crippen LogP contribution in [0.1, 0.15) is 37.8 Å². The van der Waals surface area contributed by atoms with Gasteiger partial charge in [0.05, 0.1) is 4.90 Å². The summed E-state index contributed by atoms with van der Waals surface area (Å²) in [5.74, 6) is 5.50. The third-order valence-corrected chi connectivity index (χ3v) is 3.89. The Kier molecular flexibility index (Phi) is 5.11. The fourth-order valence-electron chi connectivity index (χ4n) is 1.70. The van der Waals surface area contributed by atoms with Crippen LogP contribution in [0.15, 0.2) is 29.2 Å². The Hall–Kier alpha value is -0.910. The highest BCUT2D eigenvalue weighted by atomic mass is 32.2. The monoisotopic (exact) mass is 256 g/mol. The Bertz CT molecular complexity index is 440. The second-order valence-electron chi connectivity index (χ2n) is 4.20. The van der Waals surface area contributed by atoms with E-state index in [1.165, 1.54) is 6.26 Å². The highest BCUT2D eigenvalue weighted by molar-refractivity contribution is 7.90. The zero-order valence-corrected chi connectivity index (χ0v) is 11.1. The molecule has 1 unspecified atom stereocenters. The normalized spacial score (nSPS) is 13.6. The first-order valence-corrected chi connectivity index (χ1v) is 7.64. The number of sulfone groups is 1. The van der Waals surface area contributed by atoms with Gasteiger partial charge in [-0.1, -0.05) is 31.9 Å². The highest BCUT2D eigenvalue weighted by Crippen LogP contribution is 2.20. The lowest BCUT2D eigenvalue weighted by molar-refractivity contribution is 0.495. The molecule has 0 saturated carbocycles. The molecule has 0 radical (unpaired) electrons. The van der Waals surface area contributed by atoms with Crippen LogP contribution in [0.4, 0.5) is 0 Å². The molecule has 0 fully saturated rings. The average Bonchev–Trinajstić information content (AvgIpc) is 2.29. The highest BCUT2D eigenvalue weighted by Gasteiger charge is 2.11. The van der Waals surface area contributed by atoms with Crippen molar-refractivity contribution in [3.8, 4) is 0 Å². The summed E-state index contributed by atoms with van der Waals surface area (Å²) < 4.78 is 22.6. The predicted molar refractivity (Wildman–Crippen MR) is 69.1 cm³/mol. The number of unbranched alkanes of at least 4 members (excludes halogenated alkanes) is 1. The van der Waals surface area contributed by atoms with Crippen LogP contribution in [-0.2, 0) is 9.84 Å². The van der Waals surface area contributed by atoms with Crippen LogP contribution in [-0.4, -0.2) is 14.7 Å². The van der Waals surface area contributed by atoms with Gasteiger partial charge >= 0.3 is 0 Å². The number of hydrazine groups is 1. The van der Waals surface area contributed by atoms with E-state index in [-0.39, 0.29) is 6.04 Å². The molecular weight excluding hydrogens is 236 g/mol. The molecule has 0 amide bonds. The van der Waals surface area contributed by atoms with E-state index in [0.29, 0.717) is 4.90 Å².